The lowest BCUT2D eigenvalue weighted by Gasteiger charge is -2.09. The first kappa shape index (κ1) is 12.6. The number of aromatic nitrogens is 5. The van der Waals surface area contributed by atoms with Crippen molar-refractivity contribution >= 4 is 23.4 Å². The Kier molecular flexibility index (Phi) is 4.30. The molecule has 7 nitrogen and oxygen atoms in total. The van der Waals surface area contributed by atoms with Crippen LogP contribution in [0.2, 0.25) is 5.02 Å². The molecule has 0 radical (unpaired) electrons. The Bertz CT molecular complexity index is 485. The summed E-state index contributed by atoms with van der Waals surface area (Å²) in [7, 11) is 0. The molecule has 0 amide bonds. The second-order valence-electron chi connectivity index (χ2n) is 3.51. The molecule has 0 aliphatic carbocycles. The summed E-state index contributed by atoms with van der Waals surface area (Å²) in [5, 5.41) is 14.3. The summed E-state index contributed by atoms with van der Waals surface area (Å²) in [6.07, 6.45) is 5.01. The van der Waals surface area contributed by atoms with Crippen molar-refractivity contribution in [2.45, 2.75) is 13.5 Å². The average molecular weight is 268 g/mol. The summed E-state index contributed by atoms with van der Waals surface area (Å²) in [5.41, 5.74) is 0. The molecule has 0 atom stereocenters. The van der Waals surface area contributed by atoms with Crippen molar-refractivity contribution in [3.63, 3.8) is 0 Å². The highest BCUT2D eigenvalue weighted by molar-refractivity contribution is 6.32. The number of nitrogens with one attached hydrogen (secondary N) is 2. The molecule has 0 aliphatic rings. The Hall–Kier alpha value is -1.89. The molecule has 0 unspecified atom stereocenters. The van der Waals surface area contributed by atoms with Gasteiger partial charge in [0.25, 0.3) is 0 Å². The molecule has 2 heterocycles. The number of halogens is 1. The highest BCUT2D eigenvalue weighted by Gasteiger charge is 2.04. The minimum absolute atomic E-state index is 0.496. The molecule has 2 rings (SSSR count). The van der Waals surface area contributed by atoms with E-state index in [9.17, 15) is 0 Å². The number of rotatable bonds is 6. The molecule has 0 saturated carbocycles. The van der Waals surface area contributed by atoms with Gasteiger partial charge in [-0.1, -0.05) is 16.8 Å². The number of nitrogens with zero attached hydrogens (tertiary/aromatic N) is 5. The van der Waals surface area contributed by atoms with E-state index in [1.807, 2.05) is 6.92 Å². The Morgan fingerprint density at radius 3 is 3.00 bits per heavy atom. The first-order chi connectivity index (χ1) is 8.79. The molecule has 96 valence electrons. The van der Waals surface area contributed by atoms with Gasteiger partial charge < -0.3 is 10.6 Å². The third-order valence-electron chi connectivity index (χ3n) is 2.18. The first-order valence-corrected chi connectivity index (χ1v) is 6.01. The molecule has 8 heteroatoms. The maximum Gasteiger partial charge on any atom is 0.224 e. The van der Waals surface area contributed by atoms with Gasteiger partial charge in [-0.3, -0.25) is 4.68 Å². The molecule has 0 aliphatic heterocycles. The van der Waals surface area contributed by atoms with E-state index < -0.39 is 0 Å². The lowest BCUT2D eigenvalue weighted by molar-refractivity contribution is 0.608. The standard InChI is InChI=1S/C10H14ClN7/c1-2-12-10-14-7-8(11)9(16-10)13-3-5-18-6-4-15-17-18/h4,6-7H,2-3,5H2,1H3,(H2,12,13,14,16). The van der Waals surface area contributed by atoms with Gasteiger partial charge in [0.15, 0.2) is 5.82 Å². The zero-order chi connectivity index (χ0) is 12.8. The van der Waals surface area contributed by atoms with Crippen LogP contribution in [0.25, 0.3) is 0 Å². The molecular weight excluding hydrogens is 254 g/mol. The van der Waals surface area contributed by atoms with Crippen molar-refractivity contribution in [3.8, 4) is 0 Å². The molecule has 0 aromatic carbocycles. The van der Waals surface area contributed by atoms with Crippen LogP contribution in [0.4, 0.5) is 11.8 Å². The summed E-state index contributed by atoms with van der Waals surface area (Å²) in [6, 6.07) is 0. The topological polar surface area (TPSA) is 80.5 Å². The van der Waals surface area contributed by atoms with E-state index in [0.717, 1.165) is 6.54 Å². The minimum Gasteiger partial charge on any atom is -0.367 e. The Morgan fingerprint density at radius 2 is 2.28 bits per heavy atom. The van der Waals surface area contributed by atoms with Gasteiger partial charge in [0.2, 0.25) is 5.95 Å². The van der Waals surface area contributed by atoms with Gasteiger partial charge >= 0.3 is 0 Å². The number of anilines is 2. The fourth-order valence-electron chi connectivity index (χ4n) is 1.38. The van der Waals surface area contributed by atoms with Gasteiger partial charge in [0.1, 0.15) is 5.02 Å². The van der Waals surface area contributed by atoms with Gasteiger partial charge in [0.05, 0.1) is 18.9 Å². The Morgan fingerprint density at radius 1 is 1.39 bits per heavy atom. The first-order valence-electron chi connectivity index (χ1n) is 5.64. The van der Waals surface area contributed by atoms with Gasteiger partial charge in [-0.2, -0.15) is 4.98 Å². The predicted molar refractivity (Wildman–Crippen MR) is 69.7 cm³/mol. The average Bonchev–Trinajstić information content (AvgIpc) is 2.86. The molecule has 0 fully saturated rings. The van der Waals surface area contributed by atoms with E-state index in [-0.39, 0.29) is 0 Å². The summed E-state index contributed by atoms with van der Waals surface area (Å²) in [6.45, 7) is 4.10. The van der Waals surface area contributed by atoms with Crippen LogP contribution in [0.15, 0.2) is 18.6 Å². The molecule has 0 bridgehead atoms. The molecule has 2 N–H and O–H groups in total. The summed E-state index contributed by atoms with van der Waals surface area (Å²) >= 11 is 6.01. The highest BCUT2D eigenvalue weighted by atomic mass is 35.5. The molecule has 2 aromatic rings. The van der Waals surface area contributed by atoms with E-state index in [0.29, 0.717) is 29.9 Å². The molecule has 2 aromatic heterocycles. The van der Waals surface area contributed by atoms with Crippen LogP contribution in [0.1, 0.15) is 6.92 Å². The highest BCUT2D eigenvalue weighted by Crippen LogP contribution is 2.18. The fraction of sp³-hybridized carbons (Fsp3) is 0.400. The van der Waals surface area contributed by atoms with Crippen molar-refractivity contribution in [2.75, 3.05) is 23.7 Å². The molecule has 18 heavy (non-hydrogen) atoms. The van der Waals surface area contributed by atoms with Crippen molar-refractivity contribution in [1.29, 1.82) is 0 Å². The van der Waals surface area contributed by atoms with Crippen molar-refractivity contribution in [2.24, 2.45) is 0 Å². The van der Waals surface area contributed by atoms with Crippen molar-refractivity contribution < 1.29 is 0 Å². The summed E-state index contributed by atoms with van der Waals surface area (Å²) in [4.78, 5) is 8.34. The van der Waals surface area contributed by atoms with E-state index in [2.05, 4.69) is 30.9 Å². The van der Waals surface area contributed by atoms with Crippen LogP contribution in [0.3, 0.4) is 0 Å². The van der Waals surface area contributed by atoms with Crippen LogP contribution < -0.4 is 10.6 Å². The fourth-order valence-corrected chi connectivity index (χ4v) is 1.53. The summed E-state index contributed by atoms with van der Waals surface area (Å²) < 4.78 is 1.73. The number of hydrogen-bond acceptors (Lipinski definition) is 6. The smallest absolute Gasteiger partial charge is 0.224 e. The van der Waals surface area contributed by atoms with E-state index >= 15 is 0 Å². The minimum atomic E-state index is 0.496. The SMILES string of the molecule is CCNc1ncc(Cl)c(NCCn2ccnn2)n1. The van der Waals surface area contributed by atoms with Gasteiger partial charge in [0, 0.05) is 19.3 Å². The van der Waals surface area contributed by atoms with Gasteiger partial charge in [-0.25, -0.2) is 4.98 Å². The predicted octanol–water partition coefficient (Wildman–Crippen LogP) is 1.27. The second-order valence-corrected chi connectivity index (χ2v) is 3.92. The zero-order valence-corrected chi connectivity index (χ0v) is 10.7. The lowest BCUT2D eigenvalue weighted by Crippen LogP contribution is -2.13. The van der Waals surface area contributed by atoms with E-state index in [1.165, 1.54) is 0 Å². The largest absolute Gasteiger partial charge is 0.367 e. The van der Waals surface area contributed by atoms with Crippen LogP contribution in [0, 0.1) is 0 Å². The van der Waals surface area contributed by atoms with E-state index in [4.69, 9.17) is 11.6 Å². The normalized spacial score (nSPS) is 10.3. The van der Waals surface area contributed by atoms with Crippen molar-refractivity contribution in [1.82, 2.24) is 25.0 Å². The zero-order valence-electron chi connectivity index (χ0n) is 9.97. The summed E-state index contributed by atoms with van der Waals surface area (Å²) in [5.74, 6) is 1.17. The van der Waals surface area contributed by atoms with Crippen LogP contribution >= 0.6 is 11.6 Å². The van der Waals surface area contributed by atoms with Gasteiger partial charge in [-0.05, 0) is 6.92 Å². The van der Waals surface area contributed by atoms with E-state index in [1.54, 1.807) is 23.3 Å². The molecular formula is C10H14ClN7. The Balaban J connectivity index is 1.93. The maximum atomic E-state index is 6.01. The Labute approximate surface area is 110 Å². The maximum absolute atomic E-state index is 6.01. The second kappa shape index (κ2) is 6.15. The van der Waals surface area contributed by atoms with Crippen molar-refractivity contribution in [3.05, 3.63) is 23.6 Å². The molecule has 0 spiro atoms. The number of hydrogen-bond donors (Lipinski definition) is 2. The third kappa shape index (κ3) is 3.30. The quantitative estimate of drug-likeness (QED) is 0.820. The van der Waals surface area contributed by atoms with Crippen LogP contribution in [0.5, 0.6) is 0 Å². The lowest BCUT2D eigenvalue weighted by atomic mass is 10.5. The van der Waals surface area contributed by atoms with Gasteiger partial charge in [-0.15, -0.1) is 5.10 Å². The van der Waals surface area contributed by atoms with Crippen LogP contribution in [-0.2, 0) is 6.54 Å². The van der Waals surface area contributed by atoms with Crippen LogP contribution in [-0.4, -0.2) is 38.1 Å². The third-order valence-corrected chi connectivity index (χ3v) is 2.46. The monoisotopic (exact) mass is 267 g/mol. The molecule has 0 saturated heterocycles.